The number of rotatable bonds is 1. The summed E-state index contributed by atoms with van der Waals surface area (Å²) in [6.07, 6.45) is 0.396. The smallest absolute Gasteiger partial charge is 0.408 e. The van der Waals surface area contributed by atoms with Crippen molar-refractivity contribution in [3.05, 3.63) is 29.8 Å². The van der Waals surface area contributed by atoms with E-state index < -0.39 is 17.7 Å². The molecule has 2 amide bonds. The van der Waals surface area contributed by atoms with Gasteiger partial charge in [-0.05, 0) is 50.7 Å². The summed E-state index contributed by atoms with van der Waals surface area (Å²) in [5.41, 5.74) is 1.56. The van der Waals surface area contributed by atoms with Crippen LogP contribution in [0.5, 0.6) is 0 Å². The summed E-state index contributed by atoms with van der Waals surface area (Å²) in [7, 11) is 1.76. The van der Waals surface area contributed by atoms with E-state index in [2.05, 4.69) is 11.4 Å². The van der Waals surface area contributed by atoms with E-state index in [0.29, 0.717) is 5.92 Å². The number of likely N-dealkylation sites (N-methyl/N-ethyl adjacent to an activating group) is 1. The molecule has 1 aromatic carbocycles. The lowest BCUT2D eigenvalue weighted by molar-refractivity contribution is -0.120. The van der Waals surface area contributed by atoms with E-state index in [0.717, 1.165) is 12.1 Å². The van der Waals surface area contributed by atoms with Crippen LogP contribution >= 0.6 is 0 Å². The first-order chi connectivity index (χ1) is 10.3. The fourth-order valence-corrected chi connectivity index (χ4v) is 3.16. The quantitative estimate of drug-likeness (QED) is 0.867. The third-order valence-electron chi connectivity index (χ3n) is 4.23. The molecule has 1 aliphatic heterocycles. The first-order valence-electron chi connectivity index (χ1n) is 7.64. The summed E-state index contributed by atoms with van der Waals surface area (Å²) in [5, 5.41) is 2.77. The van der Waals surface area contributed by atoms with E-state index in [-0.39, 0.29) is 11.8 Å². The van der Waals surface area contributed by atoms with Gasteiger partial charge >= 0.3 is 6.09 Å². The van der Waals surface area contributed by atoms with Crippen molar-refractivity contribution in [2.45, 2.75) is 44.8 Å². The van der Waals surface area contributed by atoms with Crippen molar-refractivity contribution in [1.82, 2.24) is 5.32 Å². The second-order valence-corrected chi connectivity index (χ2v) is 7.09. The Morgan fingerprint density at radius 3 is 2.68 bits per heavy atom. The molecule has 0 spiro atoms. The number of nitrogens with zero attached hydrogens (tertiary/aromatic N) is 1. The van der Waals surface area contributed by atoms with Crippen LogP contribution < -0.4 is 10.2 Å². The molecule has 1 N–H and O–H groups in total. The number of alkyl carbamates (subject to hydrolysis) is 1. The predicted octanol–water partition coefficient (Wildman–Crippen LogP) is 2.66. The van der Waals surface area contributed by atoms with Crippen molar-refractivity contribution in [3.63, 3.8) is 0 Å². The molecule has 0 radical (unpaired) electrons. The van der Waals surface area contributed by atoms with Gasteiger partial charge < -0.3 is 15.0 Å². The van der Waals surface area contributed by atoms with Gasteiger partial charge in [-0.25, -0.2) is 4.79 Å². The number of hydrogen-bond acceptors (Lipinski definition) is 3. The first-order valence-corrected chi connectivity index (χ1v) is 7.64. The fraction of sp³-hybridized carbons (Fsp3) is 0.529. The summed E-state index contributed by atoms with van der Waals surface area (Å²) in [4.78, 5) is 26.4. The van der Waals surface area contributed by atoms with Crippen LogP contribution in [0.4, 0.5) is 10.5 Å². The van der Waals surface area contributed by atoms with Gasteiger partial charge in [0.1, 0.15) is 11.6 Å². The molecular weight excluding hydrogens is 280 g/mol. The molecule has 0 bridgehead atoms. The molecule has 3 rings (SSSR count). The predicted molar refractivity (Wildman–Crippen MR) is 83.9 cm³/mol. The van der Waals surface area contributed by atoms with E-state index in [4.69, 9.17) is 4.74 Å². The molecule has 1 heterocycles. The van der Waals surface area contributed by atoms with Gasteiger partial charge in [-0.2, -0.15) is 0 Å². The molecule has 1 unspecified atom stereocenters. The second kappa shape index (κ2) is 5.00. The molecule has 0 aromatic heterocycles. The zero-order valence-electron chi connectivity index (χ0n) is 13.4. The third-order valence-corrected chi connectivity index (χ3v) is 4.23. The average Bonchev–Trinajstić information content (AvgIpc) is 3.21. The molecule has 1 aromatic rings. The number of anilines is 1. The number of nitrogens with one attached hydrogen (secondary N) is 1. The molecule has 1 aliphatic carbocycles. The van der Waals surface area contributed by atoms with Crippen LogP contribution in [-0.4, -0.2) is 30.7 Å². The number of para-hydroxylation sites is 1. The molecule has 1 fully saturated rings. The number of fused-ring (bicyclic) bond motifs is 3. The van der Waals surface area contributed by atoms with Crippen LogP contribution in [0.2, 0.25) is 0 Å². The lowest BCUT2D eigenvalue weighted by Crippen LogP contribution is -2.49. The molecule has 5 heteroatoms. The minimum absolute atomic E-state index is 0.0803. The van der Waals surface area contributed by atoms with Gasteiger partial charge in [-0.15, -0.1) is 0 Å². The average molecular weight is 302 g/mol. The zero-order chi connectivity index (χ0) is 16.1. The molecule has 0 saturated heterocycles. The van der Waals surface area contributed by atoms with Gasteiger partial charge in [0, 0.05) is 12.7 Å². The van der Waals surface area contributed by atoms with Gasteiger partial charge in [0.25, 0.3) is 0 Å². The number of amides is 2. The van der Waals surface area contributed by atoms with Crippen molar-refractivity contribution >= 4 is 17.7 Å². The monoisotopic (exact) mass is 302 g/mol. The van der Waals surface area contributed by atoms with Crippen LogP contribution in [0.1, 0.15) is 38.7 Å². The van der Waals surface area contributed by atoms with Crippen molar-refractivity contribution in [1.29, 1.82) is 0 Å². The molecule has 2 aliphatic rings. The Labute approximate surface area is 130 Å². The molecule has 5 nitrogen and oxygen atoms in total. The molecular formula is C17H22N2O3. The maximum absolute atomic E-state index is 12.7. The van der Waals surface area contributed by atoms with E-state index in [1.54, 1.807) is 11.9 Å². The molecule has 3 atom stereocenters. The van der Waals surface area contributed by atoms with Crippen molar-refractivity contribution in [2.24, 2.45) is 5.92 Å². The number of ether oxygens (including phenoxy) is 1. The summed E-state index contributed by atoms with van der Waals surface area (Å²) < 4.78 is 5.29. The van der Waals surface area contributed by atoms with Crippen molar-refractivity contribution in [3.8, 4) is 0 Å². The zero-order valence-corrected chi connectivity index (χ0v) is 13.4. The Morgan fingerprint density at radius 1 is 1.32 bits per heavy atom. The van der Waals surface area contributed by atoms with E-state index >= 15 is 0 Å². The molecule has 118 valence electrons. The normalized spacial score (nSPS) is 26.6. The third kappa shape index (κ3) is 2.67. The highest BCUT2D eigenvalue weighted by molar-refractivity contribution is 6.00. The topological polar surface area (TPSA) is 58.6 Å². The Hall–Kier alpha value is -2.04. The second-order valence-electron chi connectivity index (χ2n) is 7.09. The first kappa shape index (κ1) is 14.9. The Bertz CT molecular complexity index is 621. The van der Waals surface area contributed by atoms with Crippen LogP contribution in [0, 0.1) is 5.92 Å². The van der Waals surface area contributed by atoms with Crippen LogP contribution in [0.3, 0.4) is 0 Å². The van der Waals surface area contributed by atoms with E-state index in [1.807, 2.05) is 39.0 Å². The summed E-state index contributed by atoms with van der Waals surface area (Å²) in [5.74, 6) is 0.416. The Morgan fingerprint density at radius 2 is 2.00 bits per heavy atom. The minimum Gasteiger partial charge on any atom is -0.444 e. The lowest BCUT2D eigenvalue weighted by atomic mass is 10.1. The Balaban J connectivity index is 1.81. The Kier molecular flexibility index (Phi) is 3.38. The van der Waals surface area contributed by atoms with E-state index in [9.17, 15) is 9.59 Å². The highest BCUT2D eigenvalue weighted by Crippen LogP contribution is 2.54. The maximum atomic E-state index is 12.7. The summed E-state index contributed by atoms with van der Waals surface area (Å²) in [6, 6.07) is 7.44. The highest BCUT2D eigenvalue weighted by atomic mass is 16.6. The fourth-order valence-electron chi connectivity index (χ4n) is 3.16. The highest BCUT2D eigenvalue weighted by Gasteiger charge is 2.52. The number of carbonyl (C=O) groups excluding carboxylic acids is 2. The minimum atomic E-state index is -0.574. The number of carbonyl (C=O) groups is 2. The van der Waals surface area contributed by atoms with Crippen molar-refractivity contribution < 1.29 is 14.3 Å². The van der Waals surface area contributed by atoms with Gasteiger partial charge in [0.2, 0.25) is 5.91 Å². The lowest BCUT2D eigenvalue weighted by Gasteiger charge is -2.25. The van der Waals surface area contributed by atoms with Gasteiger partial charge in [0.15, 0.2) is 0 Å². The van der Waals surface area contributed by atoms with Crippen LogP contribution in [0.25, 0.3) is 0 Å². The van der Waals surface area contributed by atoms with Crippen LogP contribution in [-0.2, 0) is 9.53 Å². The standard InChI is InChI=1S/C17H22N2O3/c1-17(2,3)22-16(21)18-14-12-9-11(12)10-7-5-6-8-13(10)19(4)15(14)20/h5-8,11-12,14H,9H2,1-4H3,(H,18,21)/t11-,12?,14-/m0/s1. The van der Waals surface area contributed by atoms with Gasteiger partial charge in [-0.1, -0.05) is 18.2 Å². The number of hydrogen-bond donors (Lipinski definition) is 1. The molecule has 22 heavy (non-hydrogen) atoms. The summed E-state index contributed by atoms with van der Waals surface area (Å²) >= 11 is 0. The maximum Gasteiger partial charge on any atom is 0.408 e. The van der Waals surface area contributed by atoms with Gasteiger partial charge in [-0.3, -0.25) is 4.79 Å². The van der Waals surface area contributed by atoms with E-state index in [1.165, 1.54) is 5.56 Å². The summed E-state index contributed by atoms with van der Waals surface area (Å²) in [6.45, 7) is 5.43. The van der Waals surface area contributed by atoms with Crippen molar-refractivity contribution in [2.75, 3.05) is 11.9 Å². The largest absolute Gasteiger partial charge is 0.444 e. The SMILES string of the molecule is CN1C(=O)[C@@H](NC(=O)OC(C)(C)C)C2C[C@H]2c2ccccc21. The number of benzene rings is 1. The van der Waals surface area contributed by atoms with Gasteiger partial charge in [0.05, 0.1) is 0 Å². The molecule has 1 saturated carbocycles. The van der Waals surface area contributed by atoms with Crippen LogP contribution in [0.15, 0.2) is 24.3 Å².